The summed E-state index contributed by atoms with van der Waals surface area (Å²) < 4.78 is 23.3. The molecule has 0 bridgehead atoms. The summed E-state index contributed by atoms with van der Waals surface area (Å²) in [4.78, 5) is 23.5. The molecule has 1 saturated heterocycles. The normalized spacial score (nSPS) is 16.8. The number of hydrogen-bond donors (Lipinski definition) is 0. The zero-order valence-electron chi connectivity index (χ0n) is 19.7. The molecule has 2 aromatic carbocycles. The van der Waals surface area contributed by atoms with Crippen molar-refractivity contribution in [2.45, 2.75) is 59.3 Å². The Morgan fingerprint density at radius 3 is 2.36 bits per heavy atom. The molecule has 6 heteroatoms. The third-order valence-corrected chi connectivity index (χ3v) is 6.32. The molecule has 0 radical (unpaired) electrons. The van der Waals surface area contributed by atoms with Crippen LogP contribution in [-0.2, 0) is 27.2 Å². The van der Waals surface area contributed by atoms with Crippen LogP contribution in [0.15, 0.2) is 24.3 Å². The monoisotopic (exact) mass is 452 g/mol. The lowest BCUT2D eigenvalue weighted by Crippen LogP contribution is -2.27. The Bertz CT molecular complexity index is 1040. The maximum Gasteiger partial charge on any atom is 0.316 e. The number of hydrogen-bond acceptors (Lipinski definition) is 6. The van der Waals surface area contributed by atoms with Gasteiger partial charge in [0.2, 0.25) is 5.75 Å². The van der Waals surface area contributed by atoms with Crippen molar-refractivity contribution in [3.05, 3.63) is 41.0 Å². The van der Waals surface area contributed by atoms with Crippen LogP contribution in [0.5, 0.6) is 17.2 Å². The molecule has 0 spiro atoms. The van der Waals surface area contributed by atoms with Crippen molar-refractivity contribution >= 4 is 11.9 Å². The summed E-state index contributed by atoms with van der Waals surface area (Å²) in [6, 6.07) is 8.41. The number of esters is 2. The first-order valence-corrected chi connectivity index (χ1v) is 12.0. The van der Waals surface area contributed by atoms with Crippen molar-refractivity contribution in [3.63, 3.8) is 0 Å². The van der Waals surface area contributed by atoms with Gasteiger partial charge in [0.1, 0.15) is 0 Å². The molecule has 0 N–H and O–H groups in total. The highest BCUT2D eigenvalue weighted by molar-refractivity contribution is 5.89. The van der Waals surface area contributed by atoms with E-state index in [1.54, 1.807) is 0 Å². The SMILES string of the molecule is CCOc1c(CCCC2CCC(=O)OC2=O)c2c(c(OCC)c1OCC)-c1ccccc1C2. The molecule has 4 rings (SSSR count). The third-order valence-electron chi connectivity index (χ3n) is 6.32. The van der Waals surface area contributed by atoms with Gasteiger partial charge in [-0.3, -0.25) is 9.59 Å². The van der Waals surface area contributed by atoms with Crippen LogP contribution in [-0.4, -0.2) is 31.8 Å². The molecule has 1 aliphatic heterocycles. The van der Waals surface area contributed by atoms with Crippen LogP contribution in [0.1, 0.15) is 63.1 Å². The summed E-state index contributed by atoms with van der Waals surface area (Å²) in [5, 5.41) is 0. The van der Waals surface area contributed by atoms with Gasteiger partial charge in [-0.05, 0) is 69.6 Å². The minimum atomic E-state index is -0.418. The zero-order chi connectivity index (χ0) is 23.4. The summed E-state index contributed by atoms with van der Waals surface area (Å²) >= 11 is 0. The summed E-state index contributed by atoms with van der Waals surface area (Å²) in [5.41, 5.74) is 5.87. The number of cyclic esters (lactones) is 2. The second-order valence-corrected chi connectivity index (χ2v) is 8.37. The minimum absolute atomic E-state index is 0.224. The van der Waals surface area contributed by atoms with Crippen LogP contribution in [0.25, 0.3) is 11.1 Å². The Kier molecular flexibility index (Phi) is 7.21. The Balaban J connectivity index is 1.73. The lowest BCUT2D eigenvalue weighted by Gasteiger charge is -2.24. The third kappa shape index (κ3) is 4.56. The summed E-state index contributed by atoms with van der Waals surface area (Å²) in [6.45, 7) is 7.45. The average molecular weight is 453 g/mol. The first-order valence-electron chi connectivity index (χ1n) is 12.0. The molecule has 1 heterocycles. The van der Waals surface area contributed by atoms with Crippen molar-refractivity contribution in [1.82, 2.24) is 0 Å². The topological polar surface area (TPSA) is 71.1 Å². The Morgan fingerprint density at radius 2 is 1.64 bits per heavy atom. The smallest absolute Gasteiger partial charge is 0.316 e. The summed E-state index contributed by atoms with van der Waals surface area (Å²) in [5.74, 6) is 1.12. The van der Waals surface area contributed by atoms with E-state index in [1.807, 2.05) is 20.8 Å². The fourth-order valence-corrected chi connectivity index (χ4v) is 4.93. The van der Waals surface area contributed by atoms with Gasteiger partial charge < -0.3 is 18.9 Å². The van der Waals surface area contributed by atoms with Crippen LogP contribution < -0.4 is 14.2 Å². The van der Waals surface area contributed by atoms with Gasteiger partial charge in [0, 0.05) is 17.5 Å². The van der Waals surface area contributed by atoms with Crippen LogP contribution in [0, 0.1) is 5.92 Å². The number of benzene rings is 2. The highest BCUT2D eigenvalue weighted by Gasteiger charge is 2.33. The first kappa shape index (κ1) is 23.1. The lowest BCUT2D eigenvalue weighted by atomic mass is 9.90. The molecule has 2 aliphatic rings. The number of carbonyl (C=O) groups is 2. The molecule has 33 heavy (non-hydrogen) atoms. The Labute approximate surface area is 195 Å². The van der Waals surface area contributed by atoms with Gasteiger partial charge >= 0.3 is 11.9 Å². The lowest BCUT2D eigenvalue weighted by molar-refractivity contribution is -0.167. The predicted molar refractivity (Wildman–Crippen MR) is 125 cm³/mol. The van der Waals surface area contributed by atoms with Crippen molar-refractivity contribution in [3.8, 4) is 28.4 Å². The van der Waals surface area contributed by atoms with Gasteiger partial charge in [-0.15, -0.1) is 0 Å². The van der Waals surface area contributed by atoms with Gasteiger partial charge in [0.25, 0.3) is 0 Å². The summed E-state index contributed by atoms with van der Waals surface area (Å²) in [7, 11) is 0. The van der Waals surface area contributed by atoms with Crippen molar-refractivity contribution < 1.29 is 28.5 Å². The number of fused-ring (bicyclic) bond motifs is 3. The highest BCUT2D eigenvalue weighted by Crippen LogP contribution is 2.54. The quantitative estimate of drug-likeness (QED) is 0.309. The van der Waals surface area contributed by atoms with E-state index in [9.17, 15) is 9.59 Å². The predicted octanol–water partition coefficient (Wildman–Crippen LogP) is 5.26. The maximum atomic E-state index is 12.1. The van der Waals surface area contributed by atoms with Crippen molar-refractivity contribution in [2.75, 3.05) is 19.8 Å². The number of rotatable bonds is 10. The van der Waals surface area contributed by atoms with Crippen molar-refractivity contribution in [2.24, 2.45) is 5.92 Å². The van der Waals surface area contributed by atoms with E-state index in [-0.39, 0.29) is 5.92 Å². The van der Waals surface area contributed by atoms with E-state index in [0.29, 0.717) is 44.8 Å². The molecule has 176 valence electrons. The van der Waals surface area contributed by atoms with E-state index in [2.05, 4.69) is 24.3 Å². The Morgan fingerprint density at radius 1 is 0.939 bits per heavy atom. The molecule has 1 unspecified atom stereocenters. The molecular weight excluding hydrogens is 420 g/mol. The Hall–Kier alpha value is -3.02. The number of ether oxygens (including phenoxy) is 4. The van der Waals surface area contributed by atoms with E-state index in [0.717, 1.165) is 41.9 Å². The van der Waals surface area contributed by atoms with Crippen LogP contribution in [0.2, 0.25) is 0 Å². The molecule has 2 aromatic rings. The summed E-state index contributed by atoms with van der Waals surface area (Å²) in [6.07, 6.45) is 3.89. The minimum Gasteiger partial charge on any atom is -0.490 e. The number of carbonyl (C=O) groups excluding carboxylic acids is 2. The molecular formula is C27H32O6. The standard InChI is InChI=1S/C27H32O6/c1-4-30-24-20(13-9-11-17-14-15-22(28)33-27(17)29)21-16-18-10-7-8-12-19(18)23(21)25(31-5-2)26(24)32-6-3/h7-8,10,12,17H,4-6,9,11,13-16H2,1-3H3. The van der Waals surface area contributed by atoms with Gasteiger partial charge in [0.05, 0.1) is 25.7 Å². The molecule has 1 aliphatic carbocycles. The average Bonchev–Trinajstić information content (AvgIpc) is 3.18. The molecule has 1 atom stereocenters. The zero-order valence-corrected chi connectivity index (χ0v) is 19.7. The van der Waals surface area contributed by atoms with E-state index in [4.69, 9.17) is 18.9 Å². The molecule has 0 saturated carbocycles. The van der Waals surface area contributed by atoms with Gasteiger partial charge in [-0.2, -0.15) is 0 Å². The van der Waals surface area contributed by atoms with E-state index >= 15 is 0 Å². The largest absolute Gasteiger partial charge is 0.490 e. The molecule has 0 amide bonds. The van der Waals surface area contributed by atoms with E-state index in [1.165, 1.54) is 16.7 Å². The fraction of sp³-hybridized carbons (Fsp3) is 0.481. The fourth-order valence-electron chi connectivity index (χ4n) is 4.93. The maximum absolute atomic E-state index is 12.1. The molecule has 6 nitrogen and oxygen atoms in total. The second-order valence-electron chi connectivity index (χ2n) is 8.37. The van der Waals surface area contributed by atoms with E-state index < -0.39 is 11.9 Å². The van der Waals surface area contributed by atoms with Crippen LogP contribution in [0.3, 0.4) is 0 Å². The van der Waals surface area contributed by atoms with Crippen molar-refractivity contribution in [1.29, 1.82) is 0 Å². The second kappa shape index (κ2) is 10.3. The molecule has 1 fully saturated rings. The first-order chi connectivity index (χ1) is 16.1. The van der Waals surface area contributed by atoms with Crippen LogP contribution in [0.4, 0.5) is 0 Å². The molecule has 0 aromatic heterocycles. The van der Waals surface area contributed by atoms with Gasteiger partial charge in [0.15, 0.2) is 11.5 Å². The van der Waals surface area contributed by atoms with Crippen LogP contribution >= 0.6 is 0 Å². The van der Waals surface area contributed by atoms with Gasteiger partial charge in [-0.25, -0.2) is 0 Å². The van der Waals surface area contributed by atoms with Gasteiger partial charge in [-0.1, -0.05) is 24.3 Å². The highest BCUT2D eigenvalue weighted by atomic mass is 16.6.